The maximum atomic E-state index is 12.7. The summed E-state index contributed by atoms with van der Waals surface area (Å²) < 4.78 is 0. The zero-order valence-corrected chi connectivity index (χ0v) is 15.5. The molecule has 1 fully saturated rings. The van der Waals surface area contributed by atoms with E-state index in [9.17, 15) is 14.4 Å². The van der Waals surface area contributed by atoms with E-state index in [0.29, 0.717) is 19.6 Å². The smallest absolute Gasteiger partial charge is 0.321 e. The van der Waals surface area contributed by atoms with E-state index in [0.717, 1.165) is 29.5 Å². The lowest BCUT2D eigenvalue weighted by Gasteiger charge is -2.30. The van der Waals surface area contributed by atoms with Crippen LogP contribution in [0.1, 0.15) is 34.3 Å². The number of benzene rings is 1. The van der Waals surface area contributed by atoms with E-state index in [-0.39, 0.29) is 24.2 Å². The molecule has 1 aliphatic rings. The number of nitrogens with zero attached hydrogens (tertiary/aromatic N) is 1. The van der Waals surface area contributed by atoms with Gasteiger partial charge in [-0.25, -0.2) is 4.79 Å². The average molecular weight is 357 g/mol. The van der Waals surface area contributed by atoms with Crippen molar-refractivity contribution < 1.29 is 14.4 Å². The molecule has 140 valence electrons. The number of imide groups is 1. The summed E-state index contributed by atoms with van der Waals surface area (Å²) in [7, 11) is 0. The average Bonchev–Trinajstić information content (AvgIpc) is 2.60. The van der Waals surface area contributed by atoms with E-state index in [2.05, 4.69) is 17.2 Å². The van der Waals surface area contributed by atoms with Gasteiger partial charge in [0.2, 0.25) is 5.91 Å². The Balaban J connectivity index is 1.81. The number of rotatable bonds is 6. The summed E-state index contributed by atoms with van der Waals surface area (Å²) in [6, 6.07) is 5.39. The molecule has 0 aromatic heterocycles. The molecule has 2 rings (SSSR count). The molecule has 1 heterocycles. The molecule has 0 saturated carbocycles. The van der Waals surface area contributed by atoms with Crippen LogP contribution in [0.4, 0.5) is 4.79 Å². The number of nitrogens with one attached hydrogen (secondary N) is 2. The number of urea groups is 1. The Kier molecular flexibility index (Phi) is 7.09. The number of likely N-dealkylation sites (tertiary alicyclic amines) is 1. The summed E-state index contributed by atoms with van der Waals surface area (Å²) >= 11 is 0. The molecular formula is C20H27N3O3. The first-order chi connectivity index (χ1) is 12.4. The van der Waals surface area contributed by atoms with Crippen molar-refractivity contribution in [3.63, 3.8) is 0 Å². The summed E-state index contributed by atoms with van der Waals surface area (Å²) in [5.74, 6) is -0.160. The Morgan fingerprint density at radius 2 is 1.92 bits per heavy atom. The van der Waals surface area contributed by atoms with E-state index < -0.39 is 6.03 Å². The van der Waals surface area contributed by atoms with Gasteiger partial charge in [0.25, 0.3) is 0 Å². The van der Waals surface area contributed by atoms with Crippen LogP contribution in [0, 0.1) is 19.8 Å². The molecule has 0 aliphatic carbocycles. The van der Waals surface area contributed by atoms with Crippen LogP contribution in [0.15, 0.2) is 30.9 Å². The van der Waals surface area contributed by atoms with Crippen LogP contribution in [0.2, 0.25) is 0 Å². The van der Waals surface area contributed by atoms with Crippen LogP contribution in [-0.2, 0) is 4.79 Å². The third kappa shape index (κ3) is 5.52. The molecule has 0 radical (unpaired) electrons. The number of piperidine rings is 1. The van der Waals surface area contributed by atoms with E-state index in [1.54, 1.807) is 6.08 Å². The lowest BCUT2D eigenvalue weighted by atomic mass is 9.87. The van der Waals surface area contributed by atoms with Gasteiger partial charge in [0, 0.05) is 18.0 Å². The molecule has 26 heavy (non-hydrogen) atoms. The minimum Gasteiger partial charge on any atom is -0.334 e. The normalized spacial score (nSPS) is 15.3. The van der Waals surface area contributed by atoms with Crippen molar-refractivity contribution in [2.45, 2.75) is 26.7 Å². The largest absolute Gasteiger partial charge is 0.334 e. The fourth-order valence-electron chi connectivity index (χ4n) is 3.24. The molecule has 1 aromatic carbocycles. The summed E-state index contributed by atoms with van der Waals surface area (Å²) in [5, 5.41) is 4.79. The van der Waals surface area contributed by atoms with Crippen LogP contribution >= 0.6 is 0 Å². The van der Waals surface area contributed by atoms with E-state index in [4.69, 9.17) is 0 Å². The lowest BCUT2D eigenvalue weighted by Crippen LogP contribution is -2.46. The molecule has 0 bridgehead atoms. The standard InChI is InChI=1S/C20H27N3O3/c1-4-9-21-20(26)22-18(24)13-23-10-7-16(8-11-23)19(25)17-6-5-14(2)12-15(17)3/h4-6,12,16H,1,7-11,13H2,2-3H3,(H2,21,22,24,26). The van der Waals surface area contributed by atoms with Gasteiger partial charge < -0.3 is 5.32 Å². The van der Waals surface area contributed by atoms with Crippen LogP contribution in [0.5, 0.6) is 0 Å². The first-order valence-electron chi connectivity index (χ1n) is 8.93. The van der Waals surface area contributed by atoms with Crippen molar-refractivity contribution in [3.05, 3.63) is 47.5 Å². The van der Waals surface area contributed by atoms with Crippen LogP contribution < -0.4 is 10.6 Å². The van der Waals surface area contributed by atoms with E-state index in [1.807, 2.05) is 36.9 Å². The number of ketones is 1. The first-order valence-corrected chi connectivity index (χ1v) is 8.93. The second-order valence-electron chi connectivity index (χ2n) is 6.78. The summed E-state index contributed by atoms with van der Waals surface area (Å²) in [5.41, 5.74) is 2.96. The van der Waals surface area contributed by atoms with Gasteiger partial charge in [-0.3, -0.25) is 19.8 Å². The Bertz CT molecular complexity index is 692. The number of amides is 3. The minimum absolute atomic E-state index is 0.00777. The molecule has 3 amide bonds. The SMILES string of the molecule is C=CCNC(=O)NC(=O)CN1CCC(C(=O)c2ccc(C)cc2C)CC1. The maximum Gasteiger partial charge on any atom is 0.321 e. The highest BCUT2D eigenvalue weighted by molar-refractivity contribution is 5.99. The zero-order chi connectivity index (χ0) is 19.1. The second kappa shape index (κ2) is 9.29. The molecule has 0 spiro atoms. The topological polar surface area (TPSA) is 78.5 Å². The Labute approximate surface area is 154 Å². The van der Waals surface area contributed by atoms with Gasteiger partial charge in [-0.05, 0) is 45.3 Å². The third-order valence-corrected chi connectivity index (χ3v) is 4.63. The lowest BCUT2D eigenvalue weighted by molar-refractivity contribution is -0.121. The van der Waals surface area contributed by atoms with Crippen LogP contribution in [0.25, 0.3) is 0 Å². The molecular weight excluding hydrogens is 330 g/mol. The predicted molar refractivity (Wildman–Crippen MR) is 101 cm³/mol. The predicted octanol–water partition coefficient (Wildman–Crippen LogP) is 2.21. The van der Waals surface area contributed by atoms with Crippen molar-refractivity contribution >= 4 is 17.7 Å². The molecule has 6 nitrogen and oxygen atoms in total. The molecule has 6 heteroatoms. The van der Waals surface area contributed by atoms with Gasteiger partial charge >= 0.3 is 6.03 Å². The van der Waals surface area contributed by atoms with Gasteiger partial charge in [-0.15, -0.1) is 6.58 Å². The van der Waals surface area contributed by atoms with Gasteiger partial charge in [-0.1, -0.05) is 29.8 Å². The number of hydrogen-bond donors (Lipinski definition) is 2. The van der Waals surface area contributed by atoms with Crippen LogP contribution in [0.3, 0.4) is 0 Å². The second-order valence-corrected chi connectivity index (χ2v) is 6.78. The first kappa shape index (κ1) is 19.8. The fraction of sp³-hybridized carbons (Fsp3) is 0.450. The number of aryl methyl sites for hydroxylation is 2. The van der Waals surface area contributed by atoms with Crippen molar-refractivity contribution in [2.24, 2.45) is 5.92 Å². The molecule has 2 N–H and O–H groups in total. The minimum atomic E-state index is -0.519. The maximum absolute atomic E-state index is 12.7. The molecule has 1 saturated heterocycles. The number of Topliss-reactive ketones (excluding diaryl/α,β-unsaturated/α-hetero) is 1. The third-order valence-electron chi connectivity index (χ3n) is 4.63. The Hall–Kier alpha value is -2.47. The van der Waals surface area contributed by atoms with E-state index in [1.165, 1.54) is 0 Å². The van der Waals surface area contributed by atoms with Crippen LogP contribution in [-0.4, -0.2) is 48.8 Å². The van der Waals surface area contributed by atoms with Gasteiger partial charge in [-0.2, -0.15) is 0 Å². The highest BCUT2D eigenvalue weighted by Gasteiger charge is 2.27. The Morgan fingerprint density at radius 1 is 1.23 bits per heavy atom. The van der Waals surface area contributed by atoms with Crippen molar-refractivity contribution in [3.8, 4) is 0 Å². The van der Waals surface area contributed by atoms with Crippen molar-refractivity contribution in [1.82, 2.24) is 15.5 Å². The van der Waals surface area contributed by atoms with Gasteiger partial charge in [0.15, 0.2) is 5.78 Å². The monoisotopic (exact) mass is 357 g/mol. The fourth-order valence-corrected chi connectivity index (χ4v) is 3.24. The number of carbonyl (C=O) groups excluding carboxylic acids is 3. The van der Waals surface area contributed by atoms with Gasteiger partial charge in [0.05, 0.1) is 6.54 Å². The van der Waals surface area contributed by atoms with Crippen molar-refractivity contribution in [1.29, 1.82) is 0 Å². The summed E-state index contributed by atoms with van der Waals surface area (Å²) in [6.07, 6.45) is 2.99. The molecule has 1 aliphatic heterocycles. The van der Waals surface area contributed by atoms with Gasteiger partial charge in [0.1, 0.15) is 0 Å². The molecule has 0 unspecified atom stereocenters. The van der Waals surface area contributed by atoms with E-state index >= 15 is 0 Å². The number of carbonyl (C=O) groups is 3. The molecule has 1 aromatic rings. The summed E-state index contributed by atoms with van der Waals surface area (Å²) in [4.78, 5) is 38.1. The number of hydrogen-bond acceptors (Lipinski definition) is 4. The quantitative estimate of drug-likeness (QED) is 0.604. The highest BCUT2D eigenvalue weighted by Crippen LogP contribution is 2.23. The van der Waals surface area contributed by atoms with Crippen molar-refractivity contribution in [2.75, 3.05) is 26.2 Å². The Morgan fingerprint density at radius 3 is 2.54 bits per heavy atom. The zero-order valence-electron chi connectivity index (χ0n) is 15.5. The summed E-state index contributed by atoms with van der Waals surface area (Å²) in [6.45, 7) is 9.29. The highest BCUT2D eigenvalue weighted by atomic mass is 16.2. The molecule has 0 atom stereocenters.